The Labute approximate surface area is 328 Å². The van der Waals surface area contributed by atoms with Gasteiger partial charge in [-0.15, -0.1) is 6.58 Å². The van der Waals surface area contributed by atoms with Crippen LogP contribution in [0.2, 0.25) is 0 Å². The molecule has 6 amide bonds. The minimum absolute atomic E-state index is 0.0260. The van der Waals surface area contributed by atoms with Crippen LogP contribution >= 0.6 is 0 Å². The zero-order chi connectivity index (χ0) is 41.4. The predicted molar refractivity (Wildman–Crippen MR) is 195 cm³/mol. The lowest BCUT2D eigenvalue weighted by molar-refractivity contribution is -0.148. The van der Waals surface area contributed by atoms with Gasteiger partial charge in [-0.25, -0.2) is 22.4 Å². The van der Waals surface area contributed by atoms with Gasteiger partial charge in [0.05, 0.1) is 18.3 Å². The van der Waals surface area contributed by atoms with Crippen molar-refractivity contribution in [3.63, 3.8) is 0 Å². The molecule has 3 heterocycles. The van der Waals surface area contributed by atoms with Crippen LogP contribution in [0.4, 0.5) is 14.0 Å². The van der Waals surface area contributed by atoms with E-state index in [0.29, 0.717) is 24.0 Å². The van der Waals surface area contributed by atoms with Gasteiger partial charge < -0.3 is 35.1 Å². The minimum atomic E-state index is -3.99. The summed E-state index contributed by atoms with van der Waals surface area (Å²) in [4.78, 5) is 95.0. The molecule has 6 atom stereocenters. The second kappa shape index (κ2) is 15.9. The highest BCUT2D eigenvalue weighted by atomic mass is 32.2. The van der Waals surface area contributed by atoms with Gasteiger partial charge in [0.25, 0.3) is 11.8 Å². The fourth-order valence-electron chi connectivity index (χ4n) is 7.19. The maximum Gasteiger partial charge on any atom is 0.410 e. The van der Waals surface area contributed by atoms with Gasteiger partial charge in [0, 0.05) is 43.8 Å². The molecule has 0 aromatic heterocycles. The van der Waals surface area contributed by atoms with Gasteiger partial charge in [0.2, 0.25) is 21.8 Å². The quantitative estimate of drug-likeness (QED) is 0.124. The van der Waals surface area contributed by atoms with Crippen molar-refractivity contribution in [2.24, 2.45) is 5.92 Å². The molecular formula is C37H47FN6O12S. The number of amides is 6. The van der Waals surface area contributed by atoms with Gasteiger partial charge in [0.15, 0.2) is 6.10 Å². The summed E-state index contributed by atoms with van der Waals surface area (Å²) in [5.74, 6) is -4.92. The van der Waals surface area contributed by atoms with Crippen molar-refractivity contribution in [1.29, 1.82) is 0 Å². The minimum Gasteiger partial charge on any atom is -0.452 e. The van der Waals surface area contributed by atoms with Crippen molar-refractivity contribution in [3.8, 4) is 0 Å². The largest absolute Gasteiger partial charge is 0.452 e. The molecule has 2 aliphatic carbocycles. The molecule has 57 heavy (non-hydrogen) atoms. The molecule has 4 fully saturated rings. The predicted octanol–water partition coefficient (Wildman–Crippen LogP) is 1.02. The number of hydrogen-bond acceptors (Lipinski definition) is 12. The van der Waals surface area contributed by atoms with Crippen molar-refractivity contribution in [3.05, 3.63) is 47.8 Å². The number of halogens is 1. The molecule has 3 aliphatic heterocycles. The van der Waals surface area contributed by atoms with E-state index in [1.165, 1.54) is 23.1 Å². The van der Waals surface area contributed by atoms with E-state index < -0.39 is 104 Å². The average molecular weight is 819 g/mol. The van der Waals surface area contributed by atoms with Gasteiger partial charge >= 0.3 is 18.2 Å². The second-order valence-electron chi connectivity index (χ2n) is 16.0. The Bertz CT molecular complexity index is 1970. The first-order valence-corrected chi connectivity index (χ1v) is 20.3. The second-order valence-corrected chi connectivity index (χ2v) is 17.9. The first-order valence-electron chi connectivity index (χ1n) is 18.8. The number of carbonyl (C=O) groups is 7. The van der Waals surface area contributed by atoms with Gasteiger partial charge in [0.1, 0.15) is 35.1 Å². The first-order chi connectivity index (χ1) is 26.8. The smallest absolute Gasteiger partial charge is 0.410 e. The number of sulfonamides is 1. The Kier molecular flexibility index (Phi) is 11.6. The van der Waals surface area contributed by atoms with Crippen LogP contribution in [0, 0.1) is 11.7 Å². The van der Waals surface area contributed by atoms with Crippen molar-refractivity contribution >= 4 is 51.8 Å². The molecule has 18 nitrogen and oxygen atoms in total. The topological polar surface area (TPSA) is 236 Å². The van der Waals surface area contributed by atoms with Crippen molar-refractivity contribution in [2.75, 3.05) is 13.1 Å². The maximum atomic E-state index is 14.5. The number of cyclic esters (lactones) is 1. The number of likely N-dealkylation sites (tertiary alicyclic amines) is 1. The first kappa shape index (κ1) is 41.4. The standard InChI is InChI=1S/C37H47FN6O12S/c1-5-21-16-37(21,33(49)42-57(52,53)23-9-10-23)41-30(46)27-15-22(54-35(51)43-17-20-7-6-8-25(38)24(20)19-43)18-44(27)32(48)26(40-34(50)56-36(2,3)4)13-14-39-31(47)28-11-12-29(45)55-28/h5-8,21-23,26-28H,1,9-19H2,2-4H3,(H,39,47)(H,40,50)(H,41,46)(H,42,49)/t21-,22?,26+,27+,28+,37-/m1/s1. The lowest BCUT2D eigenvalue weighted by Crippen LogP contribution is -2.58. The van der Waals surface area contributed by atoms with Crippen LogP contribution in [0.5, 0.6) is 0 Å². The molecule has 0 bridgehead atoms. The molecule has 0 spiro atoms. The Balaban J connectivity index is 1.22. The lowest BCUT2D eigenvalue weighted by Gasteiger charge is -2.30. The van der Waals surface area contributed by atoms with E-state index in [0.717, 1.165) is 4.90 Å². The number of benzene rings is 1. The summed E-state index contributed by atoms with van der Waals surface area (Å²) in [6.45, 7) is 7.97. The number of rotatable bonds is 13. The molecule has 6 rings (SSSR count). The molecule has 2 saturated carbocycles. The number of nitrogens with one attached hydrogen (secondary N) is 4. The summed E-state index contributed by atoms with van der Waals surface area (Å²) >= 11 is 0. The van der Waals surface area contributed by atoms with Gasteiger partial charge in [-0.3, -0.25) is 33.6 Å². The number of nitrogens with zero attached hydrogens (tertiary/aromatic N) is 2. The summed E-state index contributed by atoms with van der Waals surface area (Å²) in [6.07, 6.45) is -1.97. The summed E-state index contributed by atoms with van der Waals surface area (Å²) in [6, 6.07) is 1.65. The van der Waals surface area contributed by atoms with Gasteiger partial charge in [-0.05, 0) is 58.1 Å². The molecule has 1 aromatic carbocycles. The molecule has 2 saturated heterocycles. The molecule has 310 valence electrons. The molecule has 20 heteroatoms. The van der Waals surface area contributed by atoms with Crippen molar-refractivity contribution in [2.45, 2.75) is 119 Å². The van der Waals surface area contributed by atoms with Crippen LogP contribution in [0.3, 0.4) is 0 Å². The zero-order valence-electron chi connectivity index (χ0n) is 31.8. The van der Waals surface area contributed by atoms with Gasteiger partial charge in [-0.2, -0.15) is 0 Å². The Morgan fingerprint density at radius 1 is 1.11 bits per heavy atom. The van der Waals surface area contributed by atoms with Crippen LogP contribution < -0.4 is 20.7 Å². The molecular weight excluding hydrogens is 772 g/mol. The molecule has 4 N–H and O–H groups in total. The highest BCUT2D eigenvalue weighted by Crippen LogP contribution is 2.45. The molecule has 5 aliphatic rings. The Hall–Kier alpha value is -5.27. The number of alkyl carbamates (subject to hydrolysis) is 1. The zero-order valence-corrected chi connectivity index (χ0v) is 32.7. The Morgan fingerprint density at radius 3 is 2.46 bits per heavy atom. The van der Waals surface area contributed by atoms with E-state index in [1.807, 2.05) is 0 Å². The van der Waals surface area contributed by atoms with Crippen LogP contribution in [0.25, 0.3) is 0 Å². The highest BCUT2D eigenvalue weighted by Gasteiger charge is 2.62. The Morgan fingerprint density at radius 2 is 1.84 bits per heavy atom. The number of carbonyl (C=O) groups excluding carboxylic acids is 7. The third kappa shape index (κ3) is 9.48. The third-order valence-corrected chi connectivity index (χ3v) is 12.3. The third-order valence-electron chi connectivity index (χ3n) is 10.4. The fraction of sp³-hybridized carbons (Fsp3) is 0.595. The van der Waals surface area contributed by atoms with E-state index in [2.05, 4.69) is 27.3 Å². The molecule has 0 radical (unpaired) electrons. The van der Waals surface area contributed by atoms with Crippen LogP contribution in [-0.2, 0) is 61.3 Å². The number of fused-ring (bicyclic) bond motifs is 1. The van der Waals surface area contributed by atoms with Gasteiger partial charge in [-0.1, -0.05) is 18.2 Å². The fourth-order valence-corrected chi connectivity index (χ4v) is 8.56. The van der Waals surface area contributed by atoms with E-state index in [4.69, 9.17) is 14.2 Å². The number of ether oxygens (including phenoxy) is 3. The molecule has 1 unspecified atom stereocenters. The van der Waals surface area contributed by atoms with E-state index in [-0.39, 0.29) is 58.3 Å². The van der Waals surface area contributed by atoms with Crippen LogP contribution in [-0.4, -0.2) is 114 Å². The van der Waals surface area contributed by atoms with Crippen LogP contribution in [0.15, 0.2) is 30.9 Å². The normalized spacial score (nSPS) is 25.7. The molecule has 1 aromatic rings. The number of esters is 1. The van der Waals surface area contributed by atoms with Crippen molar-refractivity contribution in [1.82, 2.24) is 30.5 Å². The monoisotopic (exact) mass is 818 g/mol. The van der Waals surface area contributed by atoms with E-state index >= 15 is 0 Å². The van der Waals surface area contributed by atoms with Crippen molar-refractivity contribution < 1.29 is 60.6 Å². The SMILES string of the molecule is C=C[C@@H]1C[C@]1(NC(=O)[C@@H]1CC(OC(=O)N2Cc3cccc(F)c3C2)CN1C(=O)[C@H](CCNC(=O)[C@@H]1CCC(=O)O1)NC(=O)OC(C)(C)C)C(=O)NS(=O)(=O)C1CC1. The highest BCUT2D eigenvalue weighted by molar-refractivity contribution is 7.91. The maximum absolute atomic E-state index is 14.5. The summed E-state index contributed by atoms with van der Waals surface area (Å²) in [5.41, 5.74) is -1.75. The lowest BCUT2D eigenvalue weighted by atomic mass is 10.1. The summed E-state index contributed by atoms with van der Waals surface area (Å²) in [7, 11) is -3.99. The average Bonchev–Trinajstić information content (AvgIpc) is 3.95. The van der Waals surface area contributed by atoms with Crippen LogP contribution in [0.1, 0.15) is 76.8 Å². The van der Waals surface area contributed by atoms with E-state index in [9.17, 15) is 46.4 Å². The number of hydrogen-bond donors (Lipinski definition) is 4. The summed E-state index contributed by atoms with van der Waals surface area (Å²) < 4.78 is 58.0. The summed E-state index contributed by atoms with van der Waals surface area (Å²) in [5, 5.41) is 7.00. The van der Waals surface area contributed by atoms with E-state index in [1.54, 1.807) is 26.8 Å².